The lowest BCUT2D eigenvalue weighted by Crippen LogP contribution is -2.39. The van der Waals surface area contributed by atoms with Crippen LogP contribution in [0.3, 0.4) is 0 Å². The van der Waals surface area contributed by atoms with E-state index >= 15 is 0 Å². The second kappa shape index (κ2) is 8.00. The molecular weight excluding hydrogens is 437 g/mol. The first-order chi connectivity index (χ1) is 15.0. The predicted molar refractivity (Wildman–Crippen MR) is 121 cm³/mol. The minimum atomic E-state index is -0.321. The number of nitrogens with one attached hydrogen (secondary N) is 2. The Kier molecular flexibility index (Phi) is 5.17. The van der Waals surface area contributed by atoms with Gasteiger partial charge in [0.05, 0.1) is 15.7 Å². The van der Waals surface area contributed by atoms with Gasteiger partial charge in [0.15, 0.2) is 6.73 Å². The quantitative estimate of drug-likeness (QED) is 0.613. The Balaban J connectivity index is 1.38. The average molecular weight is 456 g/mol. The van der Waals surface area contributed by atoms with Crippen molar-refractivity contribution in [1.82, 2.24) is 15.3 Å². The molecule has 0 bridgehead atoms. The highest BCUT2D eigenvalue weighted by molar-refractivity contribution is 6.40. The summed E-state index contributed by atoms with van der Waals surface area (Å²) >= 11 is 12.5. The van der Waals surface area contributed by atoms with Gasteiger partial charge in [0.2, 0.25) is 11.8 Å². The number of amides is 1. The first-order valence-corrected chi connectivity index (χ1v) is 10.6. The van der Waals surface area contributed by atoms with Gasteiger partial charge < -0.3 is 15.4 Å². The predicted octanol–water partition coefficient (Wildman–Crippen LogP) is 4.21. The van der Waals surface area contributed by atoms with Crippen molar-refractivity contribution in [2.45, 2.75) is 18.9 Å². The number of benzene rings is 2. The molecule has 7 nitrogen and oxygen atoms in total. The van der Waals surface area contributed by atoms with E-state index in [1.807, 2.05) is 13.1 Å². The number of para-hydroxylation sites is 1. The van der Waals surface area contributed by atoms with Gasteiger partial charge in [-0.25, -0.2) is 4.98 Å². The molecule has 1 aliphatic carbocycles. The molecule has 2 heterocycles. The van der Waals surface area contributed by atoms with E-state index in [1.54, 1.807) is 18.2 Å². The average Bonchev–Trinajstić information content (AvgIpc) is 3.18. The van der Waals surface area contributed by atoms with Crippen molar-refractivity contribution in [3.05, 3.63) is 69.3 Å². The molecule has 9 heteroatoms. The Morgan fingerprint density at radius 1 is 1.13 bits per heavy atom. The van der Waals surface area contributed by atoms with E-state index in [0.717, 1.165) is 18.5 Å². The molecule has 0 fully saturated rings. The number of carbonyl (C=O) groups excluding carboxylic acids is 1. The summed E-state index contributed by atoms with van der Waals surface area (Å²) in [6, 6.07) is 11.8. The highest BCUT2D eigenvalue weighted by Gasteiger charge is 2.31. The monoisotopic (exact) mass is 455 g/mol. The van der Waals surface area contributed by atoms with E-state index in [1.165, 1.54) is 22.2 Å². The molecule has 1 aliphatic heterocycles. The van der Waals surface area contributed by atoms with Crippen molar-refractivity contribution in [2.75, 3.05) is 24.0 Å². The summed E-state index contributed by atoms with van der Waals surface area (Å²) in [5.41, 5.74) is 4.20. The molecule has 1 unspecified atom stereocenters. The summed E-state index contributed by atoms with van der Waals surface area (Å²) in [7, 11) is 1.98. The largest absolute Gasteiger partial charge is 0.455 e. The van der Waals surface area contributed by atoms with E-state index in [-0.39, 0.29) is 24.1 Å². The summed E-state index contributed by atoms with van der Waals surface area (Å²) in [5, 5.41) is 7.26. The zero-order valence-electron chi connectivity index (χ0n) is 16.7. The van der Waals surface area contributed by atoms with Gasteiger partial charge >= 0.3 is 0 Å². The molecule has 0 spiro atoms. The van der Waals surface area contributed by atoms with Gasteiger partial charge in [-0.15, -0.1) is 0 Å². The zero-order chi connectivity index (χ0) is 21.5. The molecule has 0 radical (unpaired) electrons. The van der Waals surface area contributed by atoms with E-state index in [4.69, 9.17) is 27.9 Å². The number of nitrogens with zero attached hydrogens (tertiary/aromatic N) is 3. The van der Waals surface area contributed by atoms with Crippen molar-refractivity contribution in [3.63, 3.8) is 0 Å². The number of anilines is 3. The van der Waals surface area contributed by atoms with Gasteiger partial charge in [0.25, 0.3) is 5.91 Å². The van der Waals surface area contributed by atoms with Gasteiger partial charge in [-0.2, -0.15) is 4.98 Å². The molecule has 31 heavy (non-hydrogen) atoms. The van der Waals surface area contributed by atoms with Crippen molar-refractivity contribution >= 4 is 46.4 Å². The van der Waals surface area contributed by atoms with E-state index < -0.39 is 0 Å². The first-order valence-electron chi connectivity index (χ1n) is 9.85. The minimum Gasteiger partial charge on any atom is -0.455 e. The van der Waals surface area contributed by atoms with Crippen LogP contribution in [-0.2, 0) is 12.8 Å². The van der Waals surface area contributed by atoms with Crippen LogP contribution in [0.15, 0.2) is 42.6 Å². The van der Waals surface area contributed by atoms with Crippen LogP contribution < -0.4 is 20.3 Å². The van der Waals surface area contributed by atoms with Crippen LogP contribution >= 0.6 is 23.2 Å². The number of halogens is 2. The van der Waals surface area contributed by atoms with Crippen LogP contribution in [0.4, 0.5) is 17.3 Å². The first kappa shape index (κ1) is 20.1. The second-order valence-electron chi connectivity index (χ2n) is 7.49. The number of carbonyl (C=O) groups is 1. The van der Waals surface area contributed by atoms with Crippen molar-refractivity contribution in [2.24, 2.45) is 0 Å². The lowest BCUT2D eigenvalue weighted by atomic mass is 10.1. The van der Waals surface area contributed by atoms with Crippen LogP contribution in [0.5, 0.6) is 5.88 Å². The molecule has 0 saturated carbocycles. The molecular formula is C22H19Cl2N5O2. The molecule has 1 aromatic heterocycles. The molecule has 0 saturated heterocycles. The lowest BCUT2D eigenvalue weighted by Gasteiger charge is -2.29. The van der Waals surface area contributed by atoms with E-state index in [9.17, 15) is 4.79 Å². The fraction of sp³-hybridized carbons (Fsp3) is 0.227. The Morgan fingerprint density at radius 3 is 2.68 bits per heavy atom. The summed E-state index contributed by atoms with van der Waals surface area (Å²) in [4.78, 5) is 23.1. The van der Waals surface area contributed by atoms with Crippen molar-refractivity contribution in [1.29, 1.82) is 0 Å². The summed E-state index contributed by atoms with van der Waals surface area (Å²) in [5.74, 6) is 0.260. The summed E-state index contributed by atoms with van der Waals surface area (Å²) in [6.45, 7) is -0.0456. The third-order valence-electron chi connectivity index (χ3n) is 5.57. The molecule has 3 aromatic rings. The fourth-order valence-corrected chi connectivity index (χ4v) is 4.56. The highest BCUT2D eigenvalue weighted by Crippen LogP contribution is 2.37. The minimum absolute atomic E-state index is 0.0456. The van der Waals surface area contributed by atoms with E-state index in [0.29, 0.717) is 27.7 Å². The van der Waals surface area contributed by atoms with Crippen molar-refractivity contribution in [3.8, 4) is 5.88 Å². The van der Waals surface area contributed by atoms with Gasteiger partial charge in [0.1, 0.15) is 5.56 Å². The number of likely N-dealkylation sites (N-methyl/N-ethyl adjacent to an activating group) is 1. The molecule has 1 amide bonds. The third kappa shape index (κ3) is 3.69. The maximum Gasteiger partial charge on any atom is 0.268 e. The van der Waals surface area contributed by atoms with Gasteiger partial charge in [0, 0.05) is 17.9 Å². The number of fused-ring (bicyclic) bond motifs is 2. The van der Waals surface area contributed by atoms with Crippen molar-refractivity contribution < 1.29 is 9.53 Å². The van der Waals surface area contributed by atoms with E-state index in [2.05, 4.69) is 32.7 Å². The maximum atomic E-state index is 13.0. The third-order valence-corrected chi connectivity index (χ3v) is 6.18. The Labute approximate surface area is 189 Å². The molecule has 5 rings (SSSR count). The molecule has 158 valence electrons. The second-order valence-corrected chi connectivity index (χ2v) is 8.31. The van der Waals surface area contributed by atoms with Gasteiger partial charge in [-0.05, 0) is 55.3 Å². The number of ether oxygens (including phenoxy) is 1. The molecule has 2 aromatic carbocycles. The Hall–Kier alpha value is -2.87. The normalized spacial score (nSPS) is 17.2. The topological polar surface area (TPSA) is 79.4 Å². The maximum absolute atomic E-state index is 13.0. The molecule has 1 atom stereocenters. The van der Waals surface area contributed by atoms with Crippen LogP contribution in [0.2, 0.25) is 10.0 Å². The van der Waals surface area contributed by atoms with Gasteiger partial charge in [-0.1, -0.05) is 35.3 Å². The highest BCUT2D eigenvalue weighted by atomic mass is 35.5. The fourth-order valence-electron chi connectivity index (χ4n) is 3.95. The number of aromatic nitrogens is 2. The van der Waals surface area contributed by atoms with Crippen LogP contribution in [-0.4, -0.2) is 35.7 Å². The SMILES string of the molecule is CNC1Cc2ccc(Nc3ncc4c(n3)OCN(c3c(Cl)cccc3Cl)C4=O)cc2C1. The smallest absolute Gasteiger partial charge is 0.268 e. The number of hydrogen-bond donors (Lipinski definition) is 2. The molecule has 2 aliphatic rings. The Morgan fingerprint density at radius 2 is 1.90 bits per heavy atom. The standard InChI is InChI=1S/C22H19Cl2N5O2/c1-25-15-7-12-5-6-14(8-13(12)9-15)27-22-26-10-16-20(28-22)31-11-29(21(16)30)19-17(23)3-2-4-18(19)24/h2-6,8,10,15,25H,7,9,11H2,1H3,(H,26,27,28). The lowest BCUT2D eigenvalue weighted by molar-refractivity contribution is 0.0932. The zero-order valence-corrected chi connectivity index (χ0v) is 18.2. The Bertz CT molecular complexity index is 1170. The number of hydrogen-bond acceptors (Lipinski definition) is 6. The summed E-state index contributed by atoms with van der Waals surface area (Å²) < 4.78 is 5.74. The summed E-state index contributed by atoms with van der Waals surface area (Å²) in [6.07, 6.45) is 3.47. The van der Waals surface area contributed by atoms with Crippen LogP contribution in [0, 0.1) is 0 Å². The number of rotatable bonds is 4. The molecule has 2 N–H and O–H groups in total. The van der Waals surface area contributed by atoms with Gasteiger partial charge in [-0.3, -0.25) is 9.69 Å². The van der Waals surface area contributed by atoms with Crippen LogP contribution in [0.1, 0.15) is 21.5 Å². The van der Waals surface area contributed by atoms with Crippen LogP contribution in [0.25, 0.3) is 0 Å².